The molecule has 1 atom stereocenters. The summed E-state index contributed by atoms with van der Waals surface area (Å²) in [6.07, 6.45) is 4.87. The van der Waals surface area contributed by atoms with Gasteiger partial charge in [-0.2, -0.15) is 0 Å². The van der Waals surface area contributed by atoms with Crippen molar-refractivity contribution in [2.75, 3.05) is 50.5 Å². The fraction of sp³-hybridized carbons (Fsp3) is 0.310. The highest BCUT2D eigenvalue weighted by Gasteiger charge is 2.29. The van der Waals surface area contributed by atoms with Crippen LogP contribution in [0.5, 0.6) is 0 Å². The Balaban J connectivity index is 1.24. The van der Waals surface area contributed by atoms with E-state index >= 15 is 0 Å². The van der Waals surface area contributed by atoms with Crippen molar-refractivity contribution in [2.45, 2.75) is 19.6 Å². The molecule has 0 spiro atoms. The number of fused-ring (bicyclic) bond motifs is 1. The van der Waals surface area contributed by atoms with Crippen LogP contribution in [0.3, 0.4) is 0 Å². The molecule has 2 amide bonds. The molecule has 1 aliphatic rings. The first kappa shape index (κ1) is 26.0. The van der Waals surface area contributed by atoms with E-state index in [4.69, 9.17) is 9.72 Å². The number of carbonyl (C=O) groups is 2. The molecular formula is C29H33N7O3. The van der Waals surface area contributed by atoms with Crippen LogP contribution >= 0.6 is 0 Å². The summed E-state index contributed by atoms with van der Waals surface area (Å²) < 4.78 is 7.36. The van der Waals surface area contributed by atoms with Crippen molar-refractivity contribution in [1.29, 1.82) is 0 Å². The van der Waals surface area contributed by atoms with Crippen molar-refractivity contribution < 1.29 is 14.3 Å². The SMILES string of the molecule is CC(Nc1c(-c2ccc(N(C)C)cc2)nc2cnccn12)C(=O)N1CCN(C(=O)OCc2ccccc2)CC1. The van der Waals surface area contributed by atoms with E-state index in [1.165, 1.54) is 0 Å². The van der Waals surface area contributed by atoms with E-state index in [0.29, 0.717) is 31.8 Å². The zero-order valence-electron chi connectivity index (χ0n) is 22.4. The Hall–Kier alpha value is -4.60. The third-order valence-electron chi connectivity index (χ3n) is 6.87. The van der Waals surface area contributed by atoms with Crippen molar-refractivity contribution in [3.63, 3.8) is 0 Å². The maximum Gasteiger partial charge on any atom is 0.410 e. The third-order valence-corrected chi connectivity index (χ3v) is 6.87. The number of imidazole rings is 1. The monoisotopic (exact) mass is 527 g/mol. The molecule has 3 heterocycles. The molecule has 1 unspecified atom stereocenters. The van der Waals surface area contributed by atoms with Crippen LogP contribution in [0.2, 0.25) is 0 Å². The molecule has 1 fully saturated rings. The van der Waals surface area contributed by atoms with Crippen molar-refractivity contribution in [1.82, 2.24) is 24.2 Å². The summed E-state index contributed by atoms with van der Waals surface area (Å²) >= 11 is 0. The topological polar surface area (TPSA) is 95.3 Å². The van der Waals surface area contributed by atoms with Crippen molar-refractivity contribution in [2.24, 2.45) is 0 Å². The molecule has 0 aliphatic carbocycles. The van der Waals surface area contributed by atoms with Gasteiger partial charge in [-0.1, -0.05) is 42.5 Å². The third kappa shape index (κ3) is 5.79. The van der Waals surface area contributed by atoms with Crippen LogP contribution in [0, 0.1) is 0 Å². The van der Waals surface area contributed by atoms with E-state index in [1.807, 2.05) is 91.1 Å². The smallest absolute Gasteiger partial charge is 0.410 e. The van der Waals surface area contributed by atoms with E-state index in [9.17, 15) is 9.59 Å². The maximum atomic E-state index is 13.4. The quantitative estimate of drug-likeness (QED) is 0.391. The van der Waals surface area contributed by atoms with Gasteiger partial charge in [-0.3, -0.25) is 14.2 Å². The number of nitrogens with one attached hydrogen (secondary N) is 1. The molecule has 39 heavy (non-hydrogen) atoms. The van der Waals surface area contributed by atoms with Gasteiger partial charge in [0, 0.05) is 63.9 Å². The lowest BCUT2D eigenvalue weighted by atomic mass is 10.1. The summed E-state index contributed by atoms with van der Waals surface area (Å²) in [5.41, 5.74) is 4.41. The Morgan fingerprint density at radius 3 is 2.38 bits per heavy atom. The van der Waals surface area contributed by atoms with E-state index in [1.54, 1.807) is 22.2 Å². The van der Waals surface area contributed by atoms with E-state index < -0.39 is 6.04 Å². The normalized spacial score (nSPS) is 14.2. The Morgan fingerprint density at radius 2 is 1.69 bits per heavy atom. The highest BCUT2D eigenvalue weighted by molar-refractivity contribution is 5.87. The fourth-order valence-electron chi connectivity index (χ4n) is 4.62. The lowest BCUT2D eigenvalue weighted by molar-refractivity contribution is -0.133. The van der Waals surface area contributed by atoms with Crippen LogP contribution in [-0.2, 0) is 16.1 Å². The van der Waals surface area contributed by atoms with E-state index in [2.05, 4.69) is 10.3 Å². The van der Waals surface area contributed by atoms with Gasteiger partial charge in [0.05, 0.1) is 6.20 Å². The predicted molar refractivity (Wildman–Crippen MR) is 151 cm³/mol. The van der Waals surface area contributed by atoms with Gasteiger partial charge in [0.1, 0.15) is 24.2 Å². The van der Waals surface area contributed by atoms with Gasteiger partial charge in [0.15, 0.2) is 5.65 Å². The first-order valence-electron chi connectivity index (χ1n) is 13.0. The molecule has 202 valence electrons. The number of carbonyl (C=O) groups excluding carboxylic acids is 2. The van der Waals surface area contributed by atoms with Crippen LogP contribution in [0.1, 0.15) is 12.5 Å². The largest absolute Gasteiger partial charge is 0.445 e. The van der Waals surface area contributed by atoms with Gasteiger partial charge in [-0.05, 0) is 24.6 Å². The number of hydrogen-bond acceptors (Lipinski definition) is 7. The Morgan fingerprint density at radius 1 is 1.00 bits per heavy atom. The molecule has 1 aliphatic heterocycles. The Bertz CT molecular complexity index is 1430. The second-order valence-electron chi connectivity index (χ2n) is 9.77. The van der Waals surface area contributed by atoms with Crippen molar-refractivity contribution in [3.8, 4) is 11.3 Å². The first-order chi connectivity index (χ1) is 18.9. The zero-order valence-corrected chi connectivity index (χ0v) is 22.4. The minimum atomic E-state index is -0.505. The minimum absolute atomic E-state index is 0.0368. The lowest BCUT2D eigenvalue weighted by Crippen LogP contribution is -2.53. The summed E-state index contributed by atoms with van der Waals surface area (Å²) in [5, 5.41) is 3.40. The molecule has 5 rings (SSSR count). The van der Waals surface area contributed by atoms with Crippen LogP contribution < -0.4 is 10.2 Å². The van der Waals surface area contributed by atoms with E-state index in [-0.39, 0.29) is 18.6 Å². The van der Waals surface area contributed by atoms with Gasteiger partial charge in [0.2, 0.25) is 5.91 Å². The number of amides is 2. The first-order valence-corrected chi connectivity index (χ1v) is 13.0. The zero-order chi connectivity index (χ0) is 27.4. The number of aromatic nitrogens is 3. The minimum Gasteiger partial charge on any atom is -0.445 e. The summed E-state index contributed by atoms with van der Waals surface area (Å²) in [6.45, 7) is 3.83. The number of benzene rings is 2. The molecule has 2 aromatic carbocycles. The molecule has 4 aromatic rings. The second-order valence-corrected chi connectivity index (χ2v) is 9.77. The number of hydrogen-bond donors (Lipinski definition) is 1. The van der Waals surface area contributed by atoms with Gasteiger partial charge < -0.3 is 24.8 Å². The average Bonchev–Trinajstić information content (AvgIpc) is 3.34. The standard InChI is InChI=1S/C29H33N7O3/c1-21(28(37)34-15-17-35(18-16-34)29(38)39-20-22-7-5-4-6-8-22)31-27-26(32-25-19-30-13-14-36(25)27)23-9-11-24(12-10-23)33(2)3/h4-14,19,21,31H,15-18,20H2,1-3H3. The lowest BCUT2D eigenvalue weighted by Gasteiger charge is -2.35. The number of ether oxygens (including phenoxy) is 1. The molecule has 0 bridgehead atoms. The van der Waals surface area contributed by atoms with Crippen LogP contribution in [-0.4, -0.2) is 82.5 Å². The molecule has 0 radical (unpaired) electrons. The molecule has 1 saturated heterocycles. The van der Waals surface area contributed by atoms with Crippen molar-refractivity contribution >= 4 is 29.2 Å². The molecular weight excluding hydrogens is 494 g/mol. The number of piperazine rings is 1. The van der Waals surface area contributed by atoms with Crippen LogP contribution in [0.25, 0.3) is 16.9 Å². The Kier molecular flexibility index (Phi) is 7.62. The van der Waals surface area contributed by atoms with Crippen LogP contribution in [0.4, 0.5) is 16.3 Å². The molecule has 10 nitrogen and oxygen atoms in total. The maximum absolute atomic E-state index is 13.4. The van der Waals surface area contributed by atoms with Crippen molar-refractivity contribution in [3.05, 3.63) is 78.8 Å². The van der Waals surface area contributed by atoms with Crippen LogP contribution in [0.15, 0.2) is 73.2 Å². The second kappa shape index (κ2) is 11.4. The molecule has 0 saturated carbocycles. The van der Waals surface area contributed by atoms with Gasteiger partial charge in [-0.15, -0.1) is 0 Å². The molecule has 10 heteroatoms. The van der Waals surface area contributed by atoms with Gasteiger partial charge >= 0.3 is 6.09 Å². The average molecular weight is 528 g/mol. The summed E-state index contributed by atoms with van der Waals surface area (Å²) in [7, 11) is 4.00. The van der Waals surface area contributed by atoms with E-state index in [0.717, 1.165) is 28.3 Å². The summed E-state index contributed by atoms with van der Waals surface area (Å²) in [5.74, 6) is 0.694. The number of rotatable bonds is 7. The fourth-order valence-corrected chi connectivity index (χ4v) is 4.62. The summed E-state index contributed by atoms with van der Waals surface area (Å²) in [4.78, 5) is 40.4. The Labute approximate surface area is 227 Å². The molecule has 1 N–H and O–H groups in total. The predicted octanol–water partition coefficient (Wildman–Crippen LogP) is 3.74. The highest BCUT2D eigenvalue weighted by atomic mass is 16.6. The number of anilines is 2. The van der Waals surface area contributed by atoms with Gasteiger partial charge in [0.25, 0.3) is 0 Å². The number of nitrogens with zero attached hydrogens (tertiary/aromatic N) is 6. The highest BCUT2D eigenvalue weighted by Crippen LogP contribution is 2.30. The summed E-state index contributed by atoms with van der Waals surface area (Å²) in [6, 6.07) is 17.2. The van der Waals surface area contributed by atoms with Gasteiger partial charge in [-0.25, -0.2) is 9.78 Å². The molecule has 2 aromatic heterocycles.